The number of rotatable bonds is 1. The number of benzene rings is 2. The van der Waals surface area contributed by atoms with Crippen molar-refractivity contribution in [2.24, 2.45) is 0 Å². The largest absolute Gasteiger partial charge is 0.351 e. The molecule has 1 aliphatic heterocycles. The van der Waals surface area contributed by atoms with Crippen molar-refractivity contribution >= 4 is 17.1 Å². The van der Waals surface area contributed by atoms with E-state index in [9.17, 15) is 10.5 Å². The van der Waals surface area contributed by atoms with E-state index in [0.717, 1.165) is 17.1 Å². The SMILES string of the molecule is Cc1cccc(C)c1N1c2cc(C#N)cc(C#N)c2N(C)[C@@H]1C. The van der Waals surface area contributed by atoms with Gasteiger partial charge >= 0.3 is 0 Å². The zero-order valence-corrected chi connectivity index (χ0v) is 13.8. The van der Waals surface area contributed by atoms with Crippen LogP contribution in [0, 0.1) is 36.5 Å². The smallest absolute Gasteiger partial charge is 0.103 e. The number of para-hydroxylation sites is 1. The third-order valence-corrected chi connectivity index (χ3v) is 4.57. The van der Waals surface area contributed by atoms with E-state index in [2.05, 4.69) is 54.8 Å². The first-order chi connectivity index (χ1) is 11.0. The monoisotopic (exact) mass is 302 g/mol. The van der Waals surface area contributed by atoms with E-state index >= 15 is 0 Å². The maximum atomic E-state index is 9.49. The second kappa shape index (κ2) is 5.34. The van der Waals surface area contributed by atoms with E-state index in [1.165, 1.54) is 11.1 Å². The molecule has 0 bridgehead atoms. The summed E-state index contributed by atoms with van der Waals surface area (Å²) in [7, 11) is 1.99. The molecule has 4 nitrogen and oxygen atoms in total. The van der Waals surface area contributed by atoms with Crippen LogP contribution in [-0.4, -0.2) is 13.2 Å². The zero-order chi connectivity index (χ0) is 16.7. The highest BCUT2D eigenvalue weighted by atomic mass is 15.4. The predicted molar refractivity (Wildman–Crippen MR) is 91.8 cm³/mol. The van der Waals surface area contributed by atoms with Crippen molar-refractivity contribution in [3.05, 3.63) is 52.6 Å². The van der Waals surface area contributed by atoms with E-state index in [0.29, 0.717) is 11.1 Å². The molecule has 0 saturated carbocycles. The third-order valence-electron chi connectivity index (χ3n) is 4.57. The summed E-state index contributed by atoms with van der Waals surface area (Å²) in [5.74, 6) is 0. The fourth-order valence-electron chi connectivity index (χ4n) is 3.38. The van der Waals surface area contributed by atoms with Crippen LogP contribution in [-0.2, 0) is 0 Å². The molecule has 0 radical (unpaired) electrons. The highest BCUT2D eigenvalue weighted by Gasteiger charge is 2.35. The van der Waals surface area contributed by atoms with Crippen LogP contribution >= 0.6 is 0 Å². The Kier molecular flexibility index (Phi) is 3.47. The number of aryl methyl sites for hydroxylation is 2. The van der Waals surface area contributed by atoms with E-state index < -0.39 is 0 Å². The van der Waals surface area contributed by atoms with Crippen molar-refractivity contribution in [3.63, 3.8) is 0 Å². The summed E-state index contributed by atoms with van der Waals surface area (Å²) < 4.78 is 0. The Hall–Kier alpha value is -2.98. The van der Waals surface area contributed by atoms with Crippen molar-refractivity contribution in [2.75, 3.05) is 16.8 Å². The zero-order valence-electron chi connectivity index (χ0n) is 13.8. The highest BCUT2D eigenvalue weighted by Crippen LogP contribution is 2.47. The van der Waals surface area contributed by atoms with Crippen LogP contribution in [0.4, 0.5) is 17.1 Å². The topological polar surface area (TPSA) is 54.1 Å². The van der Waals surface area contributed by atoms with Gasteiger partial charge in [0.1, 0.15) is 12.2 Å². The molecule has 1 heterocycles. The minimum atomic E-state index is 0.0749. The van der Waals surface area contributed by atoms with Crippen LogP contribution in [0.1, 0.15) is 29.2 Å². The number of hydrogen-bond donors (Lipinski definition) is 0. The van der Waals surface area contributed by atoms with Crippen LogP contribution in [0.15, 0.2) is 30.3 Å². The summed E-state index contributed by atoms with van der Waals surface area (Å²) in [6, 6.07) is 14.2. The molecule has 1 aliphatic rings. The lowest BCUT2D eigenvalue weighted by Gasteiger charge is -2.30. The highest BCUT2D eigenvalue weighted by molar-refractivity contribution is 5.89. The first kappa shape index (κ1) is 14.9. The standard InChI is InChI=1S/C19H18N4/c1-12-6-5-7-13(2)18(12)23-14(3)22(4)19-16(11-21)8-15(10-20)9-17(19)23/h5-9,14H,1-4H3/t14-/m0/s1. The number of nitrogens with zero attached hydrogens (tertiary/aromatic N) is 4. The minimum absolute atomic E-state index is 0.0749. The van der Waals surface area contributed by atoms with Crippen LogP contribution in [0.2, 0.25) is 0 Å². The van der Waals surface area contributed by atoms with Gasteiger partial charge in [0.25, 0.3) is 0 Å². The summed E-state index contributed by atoms with van der Waals surface area (Å²) in [5.41, 5.74) is 6.37. The second-order valence-corrected chi connectivity index (χ2v) is 5.97. The molecule has 0 N–H and O–H groups in total. The Morgan fingerprint density at radius 1 is 1.00 bits per heavy atom. The summed E-state index contributed by atoms with van der Waals surface area (Å²) in [6.45, 7) is 6.29. The van der Waals surface area contributed by atoms with Crippen molar-refractivity contribution in [3.8, 4) is 12.1 Å². The van der Waals surface area contributed by atoms with Gasteiger partial charge < -0.3 is 9.80 Å². The molecule has 3 rings (SSSR count). The summed E-state index contributed by atoms with van der Waals surface area (Å²) in [5, 5.41) is 18.8. The molecule has 0 aromatic heterocycles. The van der Waals surface area contributed by atoms with Crippen molar-refractivity contribution < 1.29 is 0 Å². The molecule has 0 aliphatic carbocycles. The Morgan fingerprint density at radius 2 is 1.65 bits per heavy atom. The molecule has 2 aromatic rings. The fourth-order valence-corrected chi connectivity index (χ4v) is 3.38. The Bertz CT molecular complexity index is 850. The molecule has 0 saturated heterocycles. The van der Waals surface area contributed by atoms with Gasteiger partial charge in [-0.3, -0.25) is 0 Å². The summed E-state index contributed by atoms with van der Waals surface area (Å²) >= 11 is 0. The Balaban J connectivity index is 2.32. The molecule has 4 heteroatoms. The summed E-state index contributed by atoms with van der Waals surface area (Å²) in [4.78, 5) is 4.32. The number of fused-ring (bicyclic) bond motifs is 1. The predicted octanol–water partition coefficient (Wildman–Crippen LogP) is 3.98. The Labute approximate surface area is 136 Å². The molecule has 23 heavy (non-hydrogen) atoms. The van der Waals surface area contributed by atoms with E-state index in [1.54, 1.807) is 6.07 Å². The molecule has 0 spiro atoms. The molecular weight excluding hydrogens is 284 g/mol. The van der Waals surface area contributed by atoms with E-state index in [1.807, 2.05) is 19.2 Å². The lowest BCUT2D eigenvalue weighted by atomic mass is 10.0. The molecule has 1 atom stereocenters. The van der Waals surface area contributed by atoms with Crippen molar-refractivity contribution in [1.29, 1.82) is 10.5 Å². The second-order valence-electron chi connectivity index (χ2n) is 5.97. The third kappa shape index (κ3) is 2.12. The van der Waals surface area contributed by atoms with Gasteiger partial charge in [-0.2, -0.15) is 10.5 Å². The number of anilines is 3. The van der Waals surface area contributed by atoms with Gasteiger partial charge in [0.15, 0.2) is 0 Å². The molecule has 0 amide bonds. The van der Waals surface area contributed by atoms with Crippen LogP contribution in [0.25, 0.3) is 0 Å². The van der Waals surface area contributed by atoms with Gasteiger partial charge in [0.05, 0.1) is 28.6 Å². The molecule has 0 unspecified atom stereocenters. The van der Waals surface area contributed by atoms with E-state index in [4.69, 9.17) is 0 Å². The molecular formula is C19H18N4. The van der Waals surface area contributed by atoms with Crippen molar-refractivity contribution in [2.45, 2.75) is 26.9 Å². The number of nitriles is 2. The molecule has 2 aromatic carbocycles. The summed E-state index contributed by atoms with van der Waals surface area (Å²) in [6.07, 6.45) is 0.0749. The average Bonchev–Trinajstić information content (AvgIpc) is 2.79. The molecule has 114 valence electrons. The first-order valence-corrected chi connectivity index (χ1v) is 7.56. The normalized spacial score (nSPS) is 16.0. The maximum absolute atomic E-state index is 9.49. The van der Waals surface area contributed by atoms with Gasteiger partial charge in [-0.15, -0.1) is 0 Å². The molecule has 0 fully saturated rings. The van der Waals surface area contributed by atoms with Crippen LogP contribution in [0.3, 0.4) is 0 Å². The van der Waals surface area contributed by atoms with Gasteiger partial charge in [0, 0.05) is 12.7 Å². The quantitative estimate of drug-likeness (QED) is 0.799. The van der Waals surface area contributed by atoms with Gasteiger partial charge in [-0.25, -0.2) is 0 Å². The van der Waals surface area contributed by atoms with Crippen LogP contribution in [0.5, 0.6) is 0 Å². The lowest BCUT2D eigenvalue weighted by molar-refractivity contribution is 0.730. The van der Waals surface area contributed by atoms with Crippen molar-refractivity contribution in [1.82, 2.24) is 0 Å². The van der Waals surface area contributed by atoms with Gasteiger partial charge in [-0.05, 0) is 44.0 Å². The number of hydrogen-bond acceptors (Lipinski definition) is 4. The first-order valence-electron chi connectivity index (χ1n) is 7.56. The fraction of sp³-hybridized carbons (Fsp3) is 0.263. The lowest BCUT2D eigenvalue weighted by Crippen LogP contribution is -2.36. The maximum Gasteiger partial charge on any atom is 0.103 e. The minimum Gasteiger partial charge on any atom is -0.351 e. The van der Waals surface area contributed by atoms with Crippen LogP contribution < -0.4 is 9.80 Å². The Morgan fingerprint density at radius 3 is 2.22 bits per heavy atom. The van der Waals surface area contributed by atoms with E-state index in [-0.39, 0.29) is 6.17 Å². The van der Waals surface area contributed by atoms with Gasteiger partial charge in [-0.1, -0.05) is 18.2 Å². The van der Waals surface area contributed by atoms with Gasteiger partial charge in [0.2, 0.25) is 0 Å². The average molecular weight is 302 g/mol.